The van der Waals surface area contributed by atoms with Gasteiger partial charge in [0.25, 0.3) is 5.91 Å². The van der Waals surface area contributed by atoms with Crippen LogP contribution in [0, 0.1) is 5.92 Å². The largest absolute Gasteiger partial charge is 0.481 e. The minimum absolute atomic E-state index is 0.174. The smallest absolute Gasteiger partial charge is 0.308 e. The van der Waals surface area contributed by atoms with Gasteiger partial charge in [-0.25, -0.2) is 13.6 Å². The number of aliphatic carboxylic acids is 1. The number of carboxylic acid groups (broad SMARTS) is 1. The molecule has 1 atom stereocenters. The second kappa shape index (κ2) is 6.45. The molecule has 3 N–H and O–H groups in total. The van der Waals surface area contributed by atoms with Crippen molar-refractivity contribution in [3.8, 4) is 0 Å². The summed E-state index contributed by atoms with van der Waals surface area (Å²) in [5.74, 6) is -2.08. The van der Waals surface area contributed by atoms with Gasteiger partial charge in [0.2, 0.25) is 10.0 Å². The standard InChI is InChI=1S/C14H18N2O5S/c15-22(20,21)9-10-3-1-4-11(7-10)13(17)16-6-2-5-12(8-16)14(18)19/h1,3-4,7,12H,2,5-6,8-9H2,(H,18,19)(H2,15,20,21)/t12-/m0/s1. The van der Waals surface area contributed by atoms with Gasteiger partial charge in [-0.05, 0) is 30.5 Å². The van der Waals surface area contributed by atoms with Gasteiger partial charge in [0, 0.05) is 18.7 Å². The highest BCUT2D eigenvalue weighted by Gasteiger charge is 2.28. The maximum absolute atomic E-state index is 12.4. The van der Waals surface area contributed by atoms with Crippen LogP contribution in [-0.4, -0.2) is 43.4 Å². The maximum Gasteiger partial charge on any atom is 0.308 e. The monoisotopic (exact) mass is 326 g/mol. The van der Waals surface area contributed by atoms with Crippen LogP contribution < -0.4 is 5.14 Å². The summed E-state index contributed by atoms with van der Waals surface area (Å²) in [6.07, 6.45) is 1.20. The third kappa shape index (κ3) is 4.28. The molecule has 0 radical (unpaired) electrons. The number of carbonyl (C=O) groups is 2. The molecule has 22 heavy (non-hydrogen) atoms. The topological polar surface area (TPSA) is 118 Å². The van der Waals surface area contributed by atoms with Crippen LogP contribution in [0.5, 0.6) is 0 Å². The van der Waals surface area contributed by atoms with Crippen LogP contribution in [-0.2, 0) is 20.6 Å². The van der Waals surface area contributed by atoms with Crippen LogP contribution in [0.25, 0.3) is 0 Å². The van der Waals surface area contributed by atoms with E-state index in [9.17, 15) is 18.0 Å². The number of rotatable bonds is 4. The summed E-state index contributed by atoms with van der Waals surface area (Å²) >= 11 is 0. The first kappa shape index (κ1) is 16.4. The van der Waals surface area contributed by atoms with E-state index in [2.05, 4.69) is 0 Å². The van der Waals surface area contributed by atoms with Gasteiger partial charge in [-0.15, -0.1) is 0 Å². The van der Waals surface area contributed by atoms with E-state index in [-0.39, 0.29) is 18.2 Å². The fraction of sp³-hybridized carbons (Fsp3) is 0.429. The van der Waals surface area contributed by atoms with Gasteiger partial charge in [0.1, 0.15) is 0 Å². The normalized spacial score (nSPS) is 19.0. The highest BCUT2D eigenvalue weighted by Crippen LogP contribution is 2.19. The van der Waals surface area contributed by atoms with Crippen LogP contribution in [0.2, 0.25) is 0 Å². The Balaban J connectivity index is 2.15. The second-order valence-electron chi connectivity index (χ2n) is 5.44. The fourth-order valence-electron chi connectivity index (χ4n) is 2.57. The summed E-state index contributed by atoms with van der Waals surface area (Å²) in [7, 11) is -3.67. The molecule has 2 rings (SSSR count). The predicted molar refractivity (Wildman–Crippen MR) is 79.5 cm³/mol. The van der Waals surface area contributed by atoms with Gasteiger partial charge in [-0.3, -0.25) is 9.59 Å². The molecule has 7 nitrogen and oxygen atoms in total. The van der Waals surface area contributed by atoms with E-state index < -0.39 is 21.9 Å². The summed E-state index contributed by atoms with van der Waals surface area (Å²) in [4.78, 5) is 25.0. The van der Waals surface area contributed by atoms with Gasteiger partial charge in [-0.2, -0.15) is 0 Å². The van der Waals surface area contributed by atoms with Crippen LogP contribution >= 0.6 is 0 Å². The molecule has 1 aliphatic rings. The quantitative estimate of drug-likeness (QED) is 0.831. The van der Waals surface area contributed by atoms with Crippen molar-refractivity contribution in [3.63, 3.8) is 0 Å². The van der Waals surface area contributed by atoms with Gasteiger partial charge < -0.3 is 10.0 Å². The van der Waals surface area contributed by atoms with E-state index in [1.54, 1.807) is 18.2 Å². The maximum atomic E-state index is 12.4. The number of piperidine rings is 1. The third-order valence-corrected chi connectivity index (χ3v) is 4.34. The minimum Gasteiger partial charge on any atom is -0.481 e. The Morgan fingerprint density at radius 3 is 2.73 bits per heavy atom. The summed E-state index contributed by atoms with van der Waals surface area (Å²) in [5.41, 5.74) is 0.771. The van der Waals surface area contributed by atoms with Crippen molar-refractivity contribution in [3.05, 3.63) is 35.4 Å². The molecule has 1 heterocycles. The number of carbonyl (C=O) groups excluding carboxylic acids is 1. The Bertz CT molecular complexity index is 686. The SMILES string of the molecule is NS(=O)(=O)Cc1cccc(C(=O)N2CCC[C@H](C(=O)O)C2)c1. The molecule has 8 heteroatoms. The van der Waals surface area contributed by atoms with E-state index in [1.807, 2.05) is 0 Å². The van der Waals surface area contributed by atoms with Crippen molar-refractivity contribution in [1.29, 1.82) is 0 Å². The molecule has 0 unspecified atom stereocenters. The van der Waals surface area contributed by atoms with E-state index in [0.29, 0.717) is 30.5 Å². The van der Waals surface area contributed by atoms with E-state index in [1.165, 1.54) is 11.0 Å². The molecule has 1 aliphatic heterocycles. The van der Waals surface area contributed by atoms with Gasteiger partial charge in [-0.1, -0.05) is 12.1 Å². The highest BCUT2D eigenvalue weighted by atomic mass is 32.2. The van der Waals surface area contributed by atoms with Crippen LogP contribution in [0.3, 0.4) is 0 Å². The van der Waals surface area contributed by atoms with Crippen LogP contribution in [0.15, 0.2) is 24.3 Å². The summed E-state index contributed by atoms with van der Waals surface area (Å²) in [5, 5.41) is 14.1. The zero-order valence-electron chi connectivity index (χ0n) is 11.9. The van der Waals surface area contributed by atoms with Crippen LogP contribution in [0.1, 0.15) is 28.8 Å². The summed E-state index contributed by atoms with van der Waals surface area (Å²) in [6, 6.07) is 6.24. The summed E-state index contributed by atoms with van der Waals surface area (Å²) < 4.78 is 22.2. The lowest BCUT2D eigenvalue weighted by Gasteiger charge is -2.30. The Kier molecular flexibility index (Phi) is 4.82. The molecule has 0 spiro atoms. The molecule has 1 aromatic rings. The van der Waals surface area contributed by atoms with Gasteiger partial charge in [0.15, 0.2) is 0 Å². The Morgan fingerprint density at radius 1 is 1.36 bits per heavy atom. The molecule has 0 aliphatic carbocycles. The zero-order chi connectivity index (χ0) is 16.3. The molecule has 0 bridgehead atoms. The van der Waals surface area contributed by atoms with E-state index in [4.69, 9.17) is 10.2 Å². The lowest BCUT2D eigenvalue weighted by atomic mass is 9.97. The number of hydrogen-bond acceptors (Lipinski definition) is 4. The molecule has 120 valence electrons. The number of likely N-dealkylation sites (tertiary alicyclic amines) is 1. The van der Waals surface area contributed by atoms with E-state index in [0.717, 1.165) is 0 Å². The minimum atomic E-state index is -3.67. The molecule has 0 saturated carbocycles. The second-order valence-corrected chi connectivity index (χ2v) is 7.05. The van der Waals surface area contributed by atoms with Crippen molar-refractivity contribution >= 4 is 21.9 Å². The summed E-state index contributed by atoms with van der Waals surface area (Å²) in [6.45, 7) is 0.676. The first-order chi connectivity index (χ1) is 10.3. The van der Waals surface area contributed by atoms with Gasteiger partial charge in [0.05, 0.1) is 11.7 Å². The number of amides is 1. The molecule has 1 amide bonds. The number of benzene rings is 1. The Hall–Kier alpha value is -1.93. The first-order valence-corrected chi connectivity index (χ1v) is 8.59. The molecular weight excluding hydrogens is 308 g/mol. The Labute approximate surface area is 128 Å². The van der Waals surface area contributed by atoms with Crippen molar-refractivity contribution in [2.24, 2.45) is 11.1 Å². The van der Waals surface area contributed by atoms with Gasteiger partial charge >= 0.3 is 5.97 Å². The number of hydrogen-bond donors (Lipinski definition) is 2. The van der Waals surface area contributed by atoms with Crippen LogP contribution in [0.4, 0.5) is 0 Å². The molecule has 1 fully saturated rings. The van der Waals surface area contributed by atoms with Crippen molar-refractivity contribution < 1.29 is 23.1 Å². The Morgan fingerprint density at radius 2 is 2.09 bits per heavy atom. The lowest BCUT2D eigenvalue weighted by Crippen LogP contribution is -2.42. The lowest BCUT2D eigenvalue weighted by molar-refractivity contribution is -0.143. The number of carboxylic acids is 1. The number of nitrogens with two attached hydrogens (primary N) is 1. The molecule has 1 saturated heterocycles. The fourth-order valence-corrected chi connectivity index (χ4v) is 3.22. The number of primary sulfonamides is 1. The molecular formula is C14H18N2O5S. The highest BCUT2D eigenvalue weighted by molar-refractivity contribution is 7.88. The number of nitrogens with zero attached hydrogens (tertiary/aromatic N) is 1. The van der Waals surface area contributed by atoms with Crippen molar-refractivity contribution in [1.82, 2.24) is 4.90 Å². The average molecular weight is 326 g/mol. The zero-order valence-corrected chi connectivity index (χ0v) is 12.8. The van der Waals surface area contributed by atoms with Crippen molar-refractivity contribution in [2.45, 2.75) is 18.6 Å². The third-order valence-electron chi connectivity index (χ3n) is 3.60. The van der Waals surface area contributed by atoms with E-state index >= 15 is 0 Å². The molecule has 0 aromatic heterocycles. The first-order valence-electron chi connectivity index (χ1n) is 6.88. The predicted octanol–water partition coefficient (Wildman–Crippen LogP) is 0.412. The van der Waals surface area contributed by atoms with Crippen molar-refractivity contribution in [2.75, 3.05) is 13.1 Å². The molecule has 1 aromatic carbocycles. The average Bonchev–Trinajstić information content (AvgIpc) is 2.45. The number of sulfonamides is 1.